The van der Waals surface area contributed by atoms with Gasteiger partial charge in [0.05, 0.1) is 41.2 Å². The summed E-state index contributed by atoms with van der Waals surface area (Å²) in [4.78, 5) is 28.0. The van der Waals surface area contributed by atoms with Crippen LogP contribution in [0.25, 0.3) is 100 Å². The van der Waals surface area contributed by atoms with Crippen molar-refractivity contribution in [3.8, 4) is 51.3 Å². The molecule has 8 bridgehead atoms. The van der Waals surface area contributed by atoms with Gasteiger partial charge in [0.2, 0.25) is 0 Å². The van der Waals surface area contributed by atoms with E-state index in [1.54, 1.807) is 0 Å². The lowest BCUT2D eigenvalue weighted by molar-refractivity contribution is 0.470. The zero-order chi connectivity index (χ0) is 63.3. The Bertz CT molecular complexity index is 5970. The molecule has 12 N–H and O–H groups in total. The second-order valence-corrected chi connectivity index (χ2v) is 29.1. The van der Waals surface area contributed by atoms with E-state index in [0.29, 0.717) is 24.3 Å². The molecule has 3 aromatic heterocycles. The number of nitrogens with one attached hydrogen (secondary N) is 3. The minimum atomic E-state index is -5.43. The van der Waals surface area contributed by atoms with Crippen molar-refractivity contribution >= 4 is 148 Å². The highest BCUT2D eigenvalue weighted by atomic mass is 32.2. The maximum atomic E-state index is 14.4. The Hall–Kier alpha value is -9.43. The van der Waals surface area contributed by atoms with Crippen LogP contribution in [-0.2, 0) is 70.7 Å². The quantitative estimate of drug-likeness (QED) is 0.0401. The zero-order valence-corrected chi connectivity index (χ0v) is 48.5. The lowest BCUT2D eigenvalue weighted by Crippen LogP contribution is -2.13. The number of H-pyrrole nitrogens is 2. The number of aromatic amines is 2. The number of rotatable bonds is 11. The molecule has 0 atom stereocenters. The smallest absolute Gasteiger partial charge is 0.296 e. The van der Waals surface area contributed by atoms with Crippen molar-refractivity contribution < 1.29 is 91.3 Å². The summed E-state index contributed by atoms with van der Waals surface area (Å²) < 4.78 is 240. The number of nitrogens with two attached hydrogens (primary N) is 1. The number of sulfonamides is 1. The van der Waals surface area contributed by atoms with Crippen LogP contribution in [0.15, 0.2) is 154 Å². The van der Waals surface area contributed by atoms with Crippen LogP contribution in [0.2, 0.25) is 0 Å². The fraction of sp³-hybridized carbons (Fsp3) is 0. The van der Waals surface area contributed by atoms with E-state index in [-0.39, 0.29) is 89.7 Å². The second kappa shape index (κ2) is 19.8. The molecule has 0 amide bonds. The third-order valence-corrected chi connectivity index (χ3v) is 19.9. The minimum Gasteiger partial charge on any atom is -0.507 e. The van der Waals surface area contributed by atoms with E-state index in [9.17, 15) is 91.3 Å². The highest BCUT2D eigenvalue weighted by molar-refractivity contribution is 7.92. The van der Waals surface area contributed by atoms with Crippen LogP contribution in [0, 0.1) is 0 Å². The molecule has 0 saturated carbocycles. The number of phenols is 1. The molecule has 0 radical (unpaired) electrons. The lowest BCUT2D eigenvalue weighted by Gasteiger charge is -2.13. The normalized spacial score (nSPS) is 13.3. The van der Waals surface area contributed by atoms with Crippen LogP contribution in [0.4, 0.5) is 22.7 Å². The number of hydrogen-bond acceptors (Lipinski definition) is 24. The second-order valence-electron chi connectivity index (χ2n) is 19.0. The fourth-order valence-electron chi connectivity index (χ4n) is 9.47. The zero-order valence-electron chi connectivity index (χ0n) is 42.8. The van der Waals surface area contributed by atoms with Crippen molar-refractivity contribution in [2.45, 2.75) is 34.3 Å². The molecule has 7 aromatic carbocycles. The number of aromatic nitrogens is 8. The van der Waals surface area contributed by atoms with E-state index in [1.807, 2.05) is 0 Å². The Balaban J connectivity index is 1.03. The molecule has 12 rings (SSSR count). The number of azo groups is 1. The van der Waals surface area contributed by atoms with Crippen molar-refractivity contribution in [2.24, 2.45) is 10.2 Å². The molecule has 33 nitrogen and oxygen atoms in total. The van der Waals surface area contributed by atoms with Gasteiger partial charge >= 0.3 is 0 Å². The molecule has 0 unspecified atom stereocenters. The molecule has 0 fully saturated rings. The molecular weight excluding hydrogens is 1310 g/mol. The summed E-state index contributed by atoms with van der Waals surface area (Å²) in [6.07, 6.45) is 0. The summed E-state index contributed by atoms with van der Waals surface area (Å²) in [5.74, 6) is -2.01. The number of aromatic hydroxyl groups is 1. The van der Waals surface area contributed by atoms with Crippen LogP contribution in [-0.4, -0.2) is 131 Å². The third-order valence-electron chi connectivity index (χ3n) is 13.4. The Labute approximate surface area is 492 Å². The molecule has 5 heterocycles. The Morgan fingerprint density at radius 2 is 0.830 bits per heavy atom. The number of nitrogens with zero attached hydrogens (tertiary/aromatic N) is 8. The molecular formula is C48H30N12O21S7. The average molecular weight is 1340 g/mol. The molecule has 2 aliphatic heterocycles. The largest absolute Gasteiger partial charge is 0.507 e. The molecule has 88 heavy (non-hydrogen) atoms. The number of benzene rings is 7. The van der Waals surface area contributed by atoms with Crippen molar-refractivity contribution in [3.05, 3.63) is 109 Å². The highest BCUT2D eigenvalue weighted by Gasteiger charge is 2.30. The van der Waals surface area contributed by atoms with Gasteiger partial charge in [0.25, 0.3) is 70.7 Å². The van der Waals surface area contributed by atoms with Crippen molar-refractivity contribution in [1.29, 1.82) is 0 Å². The summed E-state index contributed by atoms with van der Waals surface area (Å²) >= 11 is 0. The first kappa shape index (κ1) is 58.9. The van der Waals surface area contributed by atoms with Crippen LogP contribution in [0.5, 0.6) is 5.75 Å². The first-order valence-corrected chi connectivity index (χ1v) is 34.0. The van der Waals surface area contributed by atoms with E-state index < -0.39 is 144 Å². The van der Waals surface area contributed by atoms with Crippen molar-refractivity contribution in [1.82, 2.24) is 39.9 Å². The number of nitrogen functional groups attached to an aromatic ring is 1. The van der Waals surface area contributed by atoms with Gasteiger partial charge in [0, 0.05) is 49.9 Å². The summed E-state index contributed by atoms with van der Waals surface area (Å²) in [7, 11) is -35.3. The van der Waals surface area contributed by atoms with Crippen molar-refractivity contribution in [3.63, 3.8) is 0 Å². The van der Waals surface area contributed by atoms with E-state index in [4.69, 9.17) is 10.7 Å². The predicted molar refractivity (Wildman–Crippen MR) is 306 cm³/mol. The van der Waals surface area contributed by atoms with Gasteiger partial charge in [-0.05, 0) is 109 Å². The van der Waals surface area contributed by atoms with Crippen LogP contribution in [0.3, 0.4) is 0 Å². The number of phenolic OH excluding ortho intramolecular Hbond substituents is 1. The Kier molecular flexibility index (Phi) is 13.3. The molecule has 450 valence electrons. The van der Waals surface area contributed by atoms with Gasteiger partial charge in [-0.15, -0.1) is 10.2 Å². The standard InChI is InChI=1S/C48H30N12O21S7/c49-39-37(88(79,80)81)12-19-11-25(86(73,74)75)18-35(61)38(19)40(39)59-58-34-10-1-20(13-36(34)87(76,77)78)60-82(62,63)21-2-6-26-30(14-21)45-51-41(26)50-42-27-7-3-22(83(64,65)66)15-31(27)46(52-42)53-43-28-8-4-23(84(67,68)69)16-32(28)47(54-43)55-44-29-9-5-24(85(70,71)72)17-33(29)48(56-44)57-45/h1-18,60-61H,49H2,(H,64,65,66)(H,67,68,69)(H,70,71,72)(H,73,74,75)(H,76,77,78)(H,79,80,81)(H2,50,51,52,53,54,55,56,57). The van der Waals surface area contributed by atoms with E-state index in [1.165, 1.54) is 24.3 Å². The molecule has 0 aliphatic carbocycles. The molecule has 2 aliphatic rings. The Morgan fingerprint density at radius 1 is 0.398 bits per heavy atom. The van der Waals surface area contributed by atoms with Crippen molar-refractivity contribution in [2.75, 3.05) is 10.5 Å². The van der Waals surface area contributed by atoms with Gasteiger partial charge in [-0.25, -0.2) is 38.3 Å². The third kappa shape index (κ3) is 10.6. The van der Waals surface area contributed by atoms with Gasteiger partial charge in [0.1, 0.15) is 49.5 Å². The van der Waals surface area contributed by atoms with Crippen LogP contribution in [0.1, 0.15) is 0 Å². The molecule has 0 spiro atoms. The maximum absolute atomic E-state index is 14.4. The minimum absolute atomic E-state index is 0.00769. The monoisotopic (exact) mass is 1330 g/mol. The SMILES string of the molecule is Nc1c(S(=O)(=O)O)cc2cc(S(=O)(=O)O)cc(O)c2c1N=Nc1ccc(NS(=O)(=O)c2ccc3c(c2)-c2nc-3nc3[nH]c(nc4nc(nc5[nH]c(n2)c2cc(S(=O)(=O)O)ccc52)-c2cc(S(=O)(=O)O)ccc2-4)c2cc(S(=O)(=O)O)ccc32)cc1S(=O)(=O)O. The van der Waals surface area contributed by atoms with Gasteiger partial charge in [0.15, 0.2) is 23.3 Å². The van der Waals surface area contributed by atoms with E-state index >= 15 is 0 Å². The van der Waals surface area contributed by atoms with Crippen LogP contribution < -0.4 is 10.5 Å². The fourth-order valence-corrected chi connectivity index (χ4v) is 13.9. The summed E-state index contributed by atoms with van der Waals surface area (Å²) in [5, 5.41) is 17.4. The molecule has 10 aromatic rings. The number of hydrogen-bond donors (Lipinski definition) is 11. The summed E-state index contributed by atoms with van der Waals surface area (Å²) in [6.45, 7) is 0. The number of anilines is 2. The summed E-state index contributed by atoms with van der Waals surface area (Å²) in [5.41, 5.74) is 2.25. The number of fused-ring (bicyclic) bond motifs is 21. The lowest BCUT2D eigenvalue weighted by atomic mass is 10.1. The van der Waals surface area contributed by atoms with Gasteiger partial charge in [-0.3, -0.25) is 32.0 Å². The predicted octanol–water partition coefficient (Wildman–Crippen LogP) is 6.01. The average Bonchev–Trinajstić information content (AvgIpc) is 1.35. The topological polar surface area (TPSA) is 552 Å². The van der Waals surface area contributed by atoms with E-state index in [2.05, 4.69) is 49.8 Å². The Morgan fingerprint density at radius 3 is 1.31 bits per heavy atom. The first-order valence-electron chi connectivity index (χ1n) is 23.8. The van der Waals surface area contributed by atoms with Gasteiger partial charge < -0.3 is 20.8 Å². The van der Waals surface area contributed by atoms with Crippen LogP contribution >= 0.6 is 0 Å². The highest BCUT2D eigenvalue weighted by Crippen LogP contribution is 2.45. The van der Waals surface area contributed by atoms with E-state index in [0.717, 1.165) is 60.7 Å². The molecule has 40 heteroatoms. The molecule has 0 saturated heterocycles. The van der Waals surface area contributed by atoms with Gasteiger partial charge in [-0.2, -0.15) is 50.5 Å². The van der Waals surface area contributed by atoms with Gasteiger partial charge in [-0.1, -0.05) is 0 Å². The summed E-state index contributed by atoms with van der Waals surface area (Å²) in [6, 6.07) is 17.3. The maximum Gasteiger partial charge on any atom is 0.296 e. The first-order chi connectivity index (χ1) is 40.9.